The number of carbonyl (C=O) groups excluding carboxylic acids is 3. The third kappa shape index (κ3) is 6.57. The van der Waals surface area contributed by atoms with Crippen LogP contribution in [0.5, 0.6) is 0 Å². The van der Waals surface area contributed by atoms with E-state index < -0.39 is 23.6 Å². The summed E-state index contributed by atoms with van der Waals surface area (Å²) in [5, 5.41) is 9.91. The molecule has 0 spiro atoms. The molecule has 1 unspecified atom stereocenters. The van der Waals surface area contributed by atoms with Crippen molar-refractivity contribution in [3.63, 3.8) is 0 Å². The number of fused-ring (bicyclic) bond motifs is 1. The summed E-state index contributed by atoms with van der Waals surface area (Å²) in [5.74, 6) is -0.780. The van der Waals surface area contributed by atoms with E-state index in [0.29, 0.717) is 6.54 Å². The molecular formula is C21H27N3O4. The molecule has 0 heterocycles. The maximum Gasteiger partial charge on any atom is 0.408 e. The van der Waals surface area contributed by atoms with Gasteiger partial charge >= 0.3 is 6.09 Å². The first-order valence-electron chi connectivity index (χ1n) is 9.16. The predicted molar refractivity (Wildman–Crippen MR) is 108 cm³/mol. The topological polar surface area (TPSA) is 96.5 Å². The average Bonchev–Trinajstić information content (AvgIpc) is 2.63. The molecule has 0 fully saturated rings. The summed E-state index contributed by atoms with van der Waals surface area (Å²) < 4.78 is 5.05. The second kappa shape index (κ2) is 9.21. The largest absolute Gasteiger partial charge is 0.444 e. The monoisotopic (exact) mass is 385 g/mol. The molecule has 0 aliphatic carbocycles. The molecule has 7 nitrogen and oxygen atoms in total. The summed E-state index contributed by atoms with van der Waals surface area (Å²) >= 11 is 0. The van der Waals surface area contributed by atoms with Crippen LogP contribution in [0.1, 0.15) is 33.3 Å². The fourth-order valence-electron chi connectivity index (χ4n) is 2.61. The minimum Gasteiger partial charge on any atom is -0.444 e. The summed E-state index contributed by atoms with van der Waals surface area (Å²) in [5.41, 5.74) is 0.353. The molecule has 3 N–H and O–H groups in total. The molecule has 0 radical (unpaired) electrons. The normalized spacial score (nSPS) is 12.1. The van der Waals surface area contributed by atoms with Crippen molar-refractivity contribution in [1.29, 1.82) is 0 Å². The van der Waals surface area contributed by atoms with Crippen molar-refractivity contribution in [2.45, 2.75) is 45.9 Å². The van der Waals surface area contributed by atoms with Crippen LogP contribution in [0.2, 0.25) is 0 Å². The van der Waals surface area contributed by atoms with Crippen LogP contribution in [0.3, 0.4) is 0 Å². The Morgan fingerprint density at radius 1 is 1.00 bits per heavy atom. The van der Waals surface area contributed by atoms with E-state index in [4.69, 9.17) is 4.74 Å². The van der Waals surface area contributed by atoms with Gasteiger partial charge in [0.25, 0.3) is 0 Å². The summed E-state index contributed by atoms with van der Waals surface area (Å²) in [7, 11) is 0. The Balaban J connectivity index is 1.81. The first kappa shape index (κ1) is 21.2. The zero-order chi connectivity index (χ0) is 20.7. The minimum absolute atomic E-state index is 0.268. The maximum absolute atomic E-state index is 12.3. The molecule has 1 atom stereocenters. The molecule has 7 heteroatoms. The van der Waals surface area contributed by atoms with Gasteiger partial charge in [-0.1, -0.05) is 42.5 Å². The lowest BCUT2D eigenvalue weighted by Gasteiger charge is -2.20. The van der Waals surface area contributed by atoms with Gasteiger partial charge in [0, 0.05) is 6.54 Å². The number of hydrogen-bond acceptors (Lipinski definition) is 4. The van der Waals surface area contributed by atoms with Gasteiger partial charge in [-0.3, -0.25) is 9.59 Å². The van der Waals surface area contributed by atoms with Crippen LogP contribution in [-0.4, -0.2) is 36.1 Å². The van der Waals surface area contributed by atoms with E-state index in [1.165, 1.54) is 0 Å². The molecule has 2 rings (SSSR count). The number of amides is 3. The highest BCUT2D eigenvalue weighted by atomic mass is 16.6. The number of alkyl carbamates (subject to hydrolysis) is 1. The predicted octanol–water partition coefficient (Wildman–Crippen LogP) is 2.49. The Morgan fingerprint density at radius 2 is 1.68 bits per heavy atom. The molecule has 150 valence electrons. The van der Waals surface area contributed by atoms with Gasteiger partial charge in [0.15, 0.2) is 0 Å². The second-order valence-corrected chi connectivity index (χ2v) is 7.50. The lowest BCUT2D eigenvalue weighted by Crippen LogP contribution is -2.48. The summed E-state index contributed by atoms with van der Waals surface area (Å²) in [6.07, 6.45) is -0.685. The zero-order valence-electron chi connectivity index (χ0n) is 16.7. The van der Waals surface area contributed by atoms with Gasteiger partial charge in [0.05, 0.1) is 0 Å². The zero-order valence-corrected chi connectivity index (χ0v) is 16.7. The molecule has 3 amide bonds. The molecular weight excluding hydrogens is 358 g/mol. The van der Waals surface area contributed by atoms with Gasteiger partial charge in [0.2, 0.25) is 11.8 Å². The lowest BCUT2D eigenvalue weighted by atomic mass is 10.0. The number of ether oxygens (including phenoxy) is 1. The first-order chi connectivity index (χ1) is 13.2. The summed E-state index contributed by atoms with van der Waals surface area (Å²) in [6.45, 7) is 6.87. The molecule has 0 aliphatic rings. The first-order valence-corrected chi connectivity index (χ1v) is 9.16. The number of hydrogen-bond donors (Lipinski definition) is 3. The fraction of sp³-hybridized carbons (Fsp3) is 0.381. The molecule has 0 saturated carbocycles. The highest BCUT2D eigenvalue weighted by molar-refractivity contribution is 5.90. The molecule has 2 aromatic rings. The average molecular weight is 385 g/mol. The molecule has 2 aromatic carbocycles. The van der Waals surface area contributed by atoms with Gasteiger partial charge in [-0.15, -0.1) is 0 Å². The third-order valence-corrected chi connectivity index (χ3v) is 3.90. The molecule has 0 aliphatic heterocycles. The molecule has 0 aromatic heterocycles. The number of nitrogens with one attached hydrogen (secondary N) is 3. The van der Waals surface area contributed by atoms with E-state index in [2.05, 4.69) is 16.0 Å². The minimum atomic E-state index is -0.733. The second-order valence-electron chi connectivity index (χ2n) is 7.50. The maximum atomic E-state index is 12.3. The van der Waals surface area contributed by atoms with Crippen molar-refractivity contribution in [1.82, 2.24) is 16.0 Å². The van der Waals surface area contributed by atoms with Gasteiger partial charge < -0.3 is 20.7 Å². The van der Waals surface area contributed by atoms with Crippen molar-refractivity contribution in [3.8, 4) is 0 Å². The SMILES string of the molecule is CC(NC(=O)CNC(=O)OC(C)(C)C)C(=O)NCc1cccc2ccccc12. The van der Waals surface area contributed by atoms with Gasteiger partial charge in [-0.25, -0.2) is 4.79 Å². The van der Waals surface area contributed by atoms with Crippen LogP contribution in [-0.2, 0) is 20.9 Å². The standard InChI is InChI=1S/C21H27N3O4/c1-14(24-18(25)13-23-20(27)28-21(2,3)4)19(26)22-12-16-10-7-9-15-8-5-6-11-17(15)16/h5-11,14H,12-13H2,1-4H3,(H,22,26)(H,23,27)(H,24,25). The van der Waals surface area contributed by atoms with Crippen molar-refractivity contribution < 1.29 is 19.1 Å². The number of benzene rings is 2. The van der Waals surface area contributed by atoms with Crippen LogP contribution in [0.4, 0.5) is 4.79 Å². The highest BCUT2D eigenvalue weighted by Gasteiger charge is 2.19. The van der Waals surface area contributed by atoms with Crippen LogP contribution in [0.25, 0.3) is 10.8 Å². The molecule has 0 bridgehead atoms. The van der Waals surface area contributed by atoms with Crippen molar-refractivity contribution in [3.05, 3.63) is 48.0 Å². The molecule has 28 heavy (non-hydrogen) atoms. The van der Waals surface area contributed by atoms with Crippen molar-refractivity contribution in [2.24, 2.45) is 0 Å². The van der Waals surface area contributed by atoms with Gasteiger partial charge in [-0.05, 0) is 44.0 Å². The van der Waals surface area contributed by atoms with E-state index in [9.17, 15) is 14.4 Å². The number of rotatable bonds is 6. The fourth-order valence-corrected chi connectivity index (χ4v) is 2.61. The van der Waals surface area contributed by atoms with E-state index in [0.717, 1.165) is 16.3 Å². The molecule has 0 saturated heterocycles. The summed E-state index contributed by atoms with van der Waals surface area (Å²) in [4.78, 5) is 35.7. The van der Waals surface area contributed by atoms with E-state index in [1.807, 2.05) is 42.5 Å². The van der Waals surface area contributed by atoms with Gasteiger partial charge in [-0.2, -0.15) is 0 Å². The van der Waals surface area contributed by atoms with Crippen LogP contribution in [0, 0.1) is 0 Å². The Kier molecular flexibility index (Phi) is 6.98. The Morgan fingerprint density at radius 3 is 2.39 bits per heavy atom. The Hall–Kier alpha value is -3.09. The number of carbonyl (C=O) groups is 3. The summed E-state index contributed by atoms with van der Waals surface area (Å²) in [6, 6.07) is 13.1. The van der Waals surface area contributed by atoms with E-state index >= 15 is 0 Å². The quantitative estimate of drug-likeness (QED) is 0.712. The van der Waals surface area contributed by atoms with Crippen LogP contribution < -0.4 is 16.0 Å². The van der Waals surface area contributed by atoms with Gasteiger partial charge in [0.1, 0.15) is 18.2 Å². The Labute approximate surface area is 164 Å². The van der Waals surface area contributed by atoms with Crippen molar-refractivity contribution in [2.75, 3.05) is 6.54 Å². The van der Waals surface area contributed by atoms with E-state index in [-0.39, 0.29) is 12.5 Å². The van der Waals surface area contributed by atoms with E-state index in [1.54, 1.807) is 27.7 Å². The van der Waals surface area contributed by atoms with Crippen LogP contribution >= 0.6 is 0 Å². The van der Waals surface area contributed by atoms with Crippen LogP contribution in [0.15, 0.2) is 42.5 Å². The smallest absolute Gasteiger partial charge is 0.408 e. The third-order valence-electron chi connectivity index (χ3n) is 3.90. The Bertz CT molecular complexity index is 853. The highest BCUT2D eigenvalue weighted by Crippen LogP contribution is 2.18. The lowest BCUT2D eigenvalue weighted by molar-refractivity contribution is -0.128. The van der Waals surface area contributed by atoms with Crippen molar-refractivity contribution >= 4 is 28.7 Å².